The van der Waals surface area contributed by atoms with Crippen molar-refractivity contribution in [2.45, 2.75) is 58.0 Å². The number of aryl methyl sites for hydroxylation is 4. The molecule has 0 heterocycles. The topological polar surface area (TPSA) is 18.5 Å². The van der Waals surface area contributed by atoms with Gasteiger partial charge in [-0.3, -0.25) is 0 Å². The van der Waals surface area contributed by atoms with E-state index in [1.165, 1.54) is 18.2 Å². The molecule has 0 amide bonds. The summed E-state index contributed by atoms with van der Waals surface area (Å²) in [5.41, 5.74) is 3.04. The van der Waals surface area contributed by atoms with Crippen LogP contribution in [0.25, 0.3) is 10.8 Å². The third-order valence-corrected chi connectivity index (χ3v) is 6.83. The quantitative estimate of drug-likeness (QED) is 0.121. The van der Waals surface area contributed by atoms with Gasteiger partial charge in [0.15, 0.2) is 6.61 Å². The fourth-order valence-corrected chi connectivity index (χ4v) is 4.57. The standard InChI is InChI=1S/C33H33F5O2/c1-2-3-4-19-39-29-17-14-25(31(34)21-29)10-6-24-9-18-30-27(20-24)13-12-26(32(30)35)11-5-23-7-15-28(16-8-23)40-22-33(36,37)38/h7-9,12-18,20-21H,2-6,10-11,19,22H2,1H3. The minimum absolute atomic E-state index is 0.139. The van der Waals surface area contributed by atoms with E-state index in [9.17, 15) is 17.6 Å². The molecule has 0 aliphatic heterocycles. The third-order valence-electron chi connectivity index (χ3n) is 6.83. The zero-order valence-corrected chi connectivity index (χ0v) is 22.5. The molecule has 0 aliphatic carbocycles. The van der Waals surface area contributed by atoms with Gasteiger partial charge in [0, 0.05) is 11.5 Å². The van der Waals surface area contributed by atoms with E-state index in [0.29, 0.717) is 54.6 Å². The summed E-state index contributed by atoms with van der Waals surface area (Å²) in [5, 5.41) is 1.30. The number of unbranched alkanes of at least 4 members (excludes halogenated alkanes) is 2. The fourth-order valence-electron chi connectivity index (χ4n) is 4.57. The first-order valence-corrected chi connectivity index (χ1v) is 13.6. The molecule has 0 aromatic heterocycles. The molecule has 0 N–H and O–H groups in total. The molecule has 4 rings (SSSR count). The van der Waals surface area contributed by atoms with Crippen molar-refractivity contribution in [3.63, 3.8) is 0 Å². The number of benzene rings is 4. The molecule has 2 nitrogen and oxygen atoms in total. The molecule has 0 fully saturated rings. The highest BCUT2D eigenvalue weighted by atomic mass is 19.4. The first-order chi connectivity index (χ1) is 19.2. The van der Waals surface area contributed by atoms with Gasteiger partial charge in [-0.1, -0.05) is 68.3 Å². The first-order valence-electron chi connectivity index (χ1n) is 13.6. The van der Waals surface area contributed by atoms with E-state index in [4.69, 9.17) is 9.47 Å². The Hall–Kier alpha value is -3.61. The second-order valence-electron chi connectivity index (χ2n) is 9.95. The zero-order valence-electron chi connectivity index (χ0n) is 22.5. The van der Waals surface area contributed by atoms with E-state index in [0.717, 1.165) is 35.8 Å². The second-order valence-corrected chi connectivity index (χ2v) is 9.95. The maximum absolute atomic E-state index is 15.3. The molecule has 40 heavy (non-hydrogen) atoms. The van der Waals surface area contributed by atoms with Gasteiger partial charge in [-0.2, -0.15) is 13.2 Å². The van der Waals surface area contributed by atoms with Crippen LogP contribution in [-0.2, 0) is 25.7 Å². The minimum atomic E-state index is -4.39. The normalized spacial score (nSPS) is 11.7. The minimum Gasteiger partial charge on any atom is -0.493 e. The van der Waals surface area contributed by atoms with Crippen LogP contribution < -0.4 is 9.47 Å². The van der Waals surface area contributed by atoms with E-state index < -0.39 is 12.8 Å². The van der Waals surface area contributed by atoms with Gasteiger partial charge in [-0.25, -0.2) is 8.78 Å². The summed E-state index contributed by atoms with van der Waals surface area (Å²) in [5.74, 6) is 0.115. The molecule has 4 aromatic rings. The lowest BCUT2D eigenvalue weighted by molar-refractivity contribution is -0.153. The molecule has 0 saturated carbocycles. The van der Waals surface area contributed by atoms with Crippen LogP contribution >= 0.6 is 0 Å². The van der Waals surface area contributed by atoms with Crippen molar-refractivity contribution in [3.05, 3.63) is 107 Å². The van der Waals surface area contributed by atoms with Crippen molar-refractivity contribution in [2.75, 3.05) is 13.2 Å². The molecule has 0 saturated heterocycles. The fraction of sp³-hybridized carbons (Fsp3) is 0.333. The second kappa shape index (κ2) is 13.6. The van der Waals surface area contributed by atoms with Gasteiger partial charge in [0.1, 0.15) is 23.1 Å². The Morgan fingerprint density at radius 1 is 0.650 bits per heavy atom. The largest absolute Gasteiger partial charge is 0.493 e. The smallest absolute Gasteiger partial charge is 0.422 e. The van der Waals surface area contributed by atoms with Crippen molar-refractivity contribution in [1.29, 1.82) is 0 Å². The molecule has 0 unspecified atom stereocenters. The number of hydrogen-bond acceptors (Lipinski definition) is 2. The summed E-state index contributed by atoms with van der Waals surface area (Å²) in [6, 6.07) is 20.6. The highest BCUT2D eigenvalue weighted by Crippen LogP contribution is 2.26. The van der Waals surface area contributed by atoms with Crippen LogP contribution in [-0.4, -0.2) is 19.4 Å². The average molecular weight is 557 g/mol. The van der Waals surface area contributed by atoms with Crippen LogP contribution in [0.5, 0.6) is 11.5 Å². The summed E-state index contributed by atoms with van der Waals surface area (Å²) in [4.78, 5) is 0. The lowest BCUT2D eigenvalue weighted by atomic mass is 9.97. The lowest BCUT2D eigenvalue weighted by Gasteiger charge is -2.11. The Balaban J connectivity index is 1.33. The Labute approximate surface area is 231 Å². The highest BCUT2D eigenvalue weighted by molar-refractivity contribution is 5.84. The average Bonchev–Trinajstić information content (AvgIpc) is 2.93. The van der Waals surface area contributed by atoms with Crippen molar-refractivity contribution in [1.82, 2.24) is 0 Å². The van der Waals surface area contributed by atoms with Crippen molar-refractivity contribution >= 4 is 10.8 Å². The Morgan fingerprint density at radius 2 is 1.32 bits per heavy atom. The zero-order chi connectivity index (χ0) is 28.5. The van der Waals surface area contributed by atoms with Gasteiger partial charge in [0.25, 0.3) is 0 Å². The van der Waals surface area contributed by atoms with E-state index in [1.807, 2.05) is 18.2 Å². The van der Waals surface area contributed by atoms with E-state index >= 15 is 4.39 Å². The van der Waals surface area contributed by atoms with Crippen LogP contribution in [0.2, 0.25) is 0 Å². The van der Waals surface area contributed by atoms with Crippen LogP contribution in [0.3, 0.4) is 0 Å². The number of hydrogen-bond donors (Lipinski definition) is 0. The van der Waals surface area contributed by atoms with Crippen LogP contribution in [0, 0.1) is 11.6 Å². The van der Waals surface area contributed by atoms with Gasteiger partial charge < -0.3 is 9.47 Å². The Kier molecular flexibility index (Phi) is 10.0. The van der Waals surface area contributed by atoms with Gasteiger partial charge in [0.2, 0.25) is 0 Å². The van der Waals surface area contributed by atoms with Gasteiger partial charge in [0.05, 0.1) is 6.61 Å². The maximum atomic E-state index is 15.3. The summed E-state index contributed by atoms with van der Waals surface area (Å²) < 4.78 is 77.1. The van der Waals surface area contributed by atoms with E-state index in [1.54, 1.807) is 36.4 Å². The SMILES string of the molecule is CCCCCOc1ccc(CCc2ccc3c(F)c(CCc4ccc(OCC(F)(F)F)cc4)ccc3c2)c(F)c1. The summed E-state index contributed by atoms with van der Waals surface area (Å²) >= 11 is 0. The number of alkyl halides is 3. The number of ether oxygens (including phenoxy) is 2. The highest BCUT2D eigenvalue weighted by Gasteiger charge is 2.28. The van der Waals surface area contributed by atoms with Crippen LogP contribution in [0.4, 0.5) is 22.0 Å². The molecule has 0 radical (unpaired) electrons. The lowest BCUT2D eigenvalue weighted by Crippen LogP contribution is -2.19. The molecule has 0 aliphatic rings. The van der Waals surface area contributed by atoms with Crippen LogP contribution in [0.1, 0.15) is 48.4 Å². The molecule has 4 aromatic carbocycles. The number of fused-ring (bicyclic) bond motifs is 1. The van der Waals surface area contributed by atoms with Gasteiger partial charge >= 0.3 is 6.18 Å². The van der Waals surface area contributed by atoms with E-state index in [2.05, 4.69) is 6.92 Å². The summed E-state index contributed by atoms with van der Waals surface area (Å²) in [7, 11) is 0. The monoisotopic (exact) mass is 556 g/mol. The van der Waals surface area contributed by atoms with Crippen molar-refractivity contribution in [3.8, 4) is 11.5 Å². The Morgan fingerprint density at radius 3 is 2.05 bits per heavy atom. The summed E-state index contributed by atoms with van der Waals surface area (Å²) in [6.07, 6.45) is 0.875. The van der Waals surface area contributed by atoms with Gasteiger partial charge in [-0.05, 0) is 77.9 Å². The summed E-state index contributed by atoms with van der Waals surface area (Å²) in [6.45, 7) is 1.36. The third kappa shape index (κ3) is 8.44. The van der Waals surface area contributed by atoms with Crippen molar-refractivity contribution in [2.24, 2.45) is 0 Å². The Bertz CT molecular complexity index is 1400. The predicted octanol–water partition coefficient (Wildman–Crippen LogP) is 9.20. The van der Waals surface area contributed by atoms with E-state index in [-0.39, 0.29) is 17.4 Å². The molecule has 7 heteroatoms. The maximum Gasteiger partial charge on any atom is 0.422 e. The first kappa shape index (κ1) is 29.4. The molecular formula is C33H33F5O2. The number of halogens is 5. The molecule has 0 bridgehead atoms. The molecule has 212 valence electrons. The predicted molar refractivity (Wildman–Crippen MR) is 148 cm³/mol. The van der Waals surface area contributed by atoms with Gasteiger partial charge in [-0.15, -0.1) is 0 Å². The molecular weight excluding hydrogens is 523 g/mol. The number of rotatable bonds is 13. The molecule has 0 atom stereocenters. The molecule has 0 spiro atoms. The van der Waals surface area contributed by atoms with Crippen LogP contribution in [0.15, 0.2) is 72.8 Å². The van der Waals surface area contributed by atoms with Crippen molar-refractivity contribution < 1.29 is 31.4 Å².